The fourth-order valence-corrected chi connectivity index (χ4v) is 8.59. The van der Waals surface area contributed by atoms with Crippen LogP contribution in [0.5, 0.6) is 11.5 Å². The number of ether oxygens (including phenoxy) is 2. The number of piperidine rings is 1. The summed E-state index contributed by atoms with van der Waals surface area (Å²) < 4.78 is 55.7. The molecule has 5 nitrogen and oxygen atoms in total. The summed E-state index contributed by atoms with van der Waals surface area (Å²) in [6, 6.07) is 13.1. The number of hydrogen-bond donors (Lipinski definition) is 0. The largest absolute Gasteiger partial charge is 0.493 e. The predicted molar refractivity (Wildman–Crippen MR) is 115 cm³/mol. The Morgan fingerprint density at radius 1 is 1.19 bits per heavy atom. The lowest BCUT2D eigenvalue weighted by Gasteiger charge is -2.58. The number of benzene rings is 2. The summed E-state index contributed by atoms with van der Waals surface area (Å²) in [6.07, 6.45) is 0.705. The van der Waals surface area contributed by atoms with Gasteiger partial charge in [-0.2, -0.15) is 4.31 Å². The summed E-state index contributed by atoms with van der Waals surface area (Å²) in [7, 11) is -1.89. The fourth-order valence-electron chi connectivity index (χ4n) is 6.81. The Morgan fingerprint density at radius 2 is 2.00 bits per heavy atom. The summed E-state index contributed by atoms with van der Waals surface area (Å²) in [5, 5.41) is 0. The lowest BCUT2D eigenvalue weighted by atomic mass is 9.52. The minimum absolute atomic E-state index is 0.00353. The normalized spacial score (nSPS) is 33.5. The van der Waals surface area contributed by atoms with Crippen molar-refractivity contribution in [2.24, 2.45) is 5.92 Å². The van der Waals surface area contributed by atoms with Crippen molar-refractivity contribution in [3.63, 3.8) is 0 Å². The van der Waals surface area contributed by atoms with Crippen LogP contribution < -0.4 is 9.47 Å². The average Bonchev–Trinajstić information content (AvgIpc) is 3.10. The molecule has 4 aliphatic rings. The molecule has 1 saturated heterocycles. The molecule has 0 N–H and O–H groups in total. The molecule has 7 heteroatoms. The van der Waals surface area contributed by atoms with Crippen LogP contribution in [0.4, 0.5) is 4.39 Å². The molecule has 164 valence electrons. The average molecular weight is 444 g/mol. The molecule has 2 aliphatic carbocycles. The van der Waals surface area contributed by atoms with E-state index in [2.05, 4.69) is 0 Å². The first-order valence-corrected chi connectivity index (χ1v) is 12.6. The maximum absolute atomic E-state index is 15.2. The van der Waals surface area contributed by atoms with Crippen molar-refractivity contribution >= 4 is 10.0 Å². The van der Waals surface area contributed by atoms with E-state index in [4.69, 9.17) is 9.47 Å². The summed E-state index contributed by atoms with van der Waals surface area (Å²) in [5.41, 5.74) is 2.49. The SMILES string of the molecule is COc1ccc2c3c1O[C@@H]1C(F)CCC4[C@H](C2)N(S(=O)(=O)Cc2ccccc2)CCC341. The zero-order valence-electron chi connectivity index (χ0n) is 17.5. The van der Waals surface area contributed by atoms with Gasteiger partial charge in [-0.25, -0.2) is 12.8 Å². The van der Waals surface area contributed by atoms with E-state index in [1.807, 2.05) is 42.5 Å². The highest BCUT2D eigenvalue weighted by Crippen LogP contribution is 2.64. The fraction of sp³-hybridized carbons (Fsp3) is 0.500. The van der Waals surface area contributed by atoms with Gasteiger partial charge in [-0.3, -0.25) is 0 Å². The Labute approximate surface area is 182 Å². The number of halogens is 1. The number of methoxy groups -OCH3 is 1. The van der Waals surface area contributed by atoms with Crippen LogP contribution in [0.1, 0.15) is 36.0 Å². The van der Waals surface area contributed by atoms with Gasteiger partial charge in [-0.15, -0.1) is 0 Å². The first-order chi connectivity index (χ1) is 15.0. The van der Waals surface area contributed by atoms with E-state index in [1.54, 1.807) is 11.4 Å². The van der Waals surface area contributed by atoms with E-state index in [0.29, 0.717) is 43.7 Å². The molecule has 2 aromatic rings. The monoisotopic (exact) mass is 443 g/mol. The molecule has 2 bridgehead atoms. The van der Waals surface area contributed by atoms with Gasteiger partial charge in [0.1, 0.15) is 12.3 Å². The second-order valence-corrected chi connectivity index (χ2v) is 11.2. The first kappa shape index (κ1) is 19.6. The van der Waals surface area contributed by atoms with Crippen LogP contribution in [0.25, 0.3) is 0 Å². The molecule has 2 fully saturated rings. The topological polar surface area (TPSA) is 55.8 Å². The van der Waals surface area contributed by atoms with E-state index in [0.717, 1.165) is 16.7 Å². The van der Waals surface area contributed by atoms with Crippen molar-refractivity contribution in [3.8, 4) is 11.5 Å². The van der Waals surface area contributed by atoms with Crippen LogP contribution in [-0.4, -0.2) is 44.7 Å². The maximum Gasteiger partial charge on any atom is 0.218 e. The number of alkyl halides is 1. The van der Waals surface area contributed by atoms with Crippen molar-refractivity contribution in [2.45, 2.75) is 55.2 Å². The Kier molecular flexibility index (Phi) is 4.22. The molecular weight excluding hydrogens is 417 g/mol. The Balaban J connectivity index is 1.45. The van der Waals surface area contributed by atoms with Crippen LogP contribution in [0.3, 0.4) is 0 Å². The minimum atomic E-state index is -3.50. The highest BCUT2D eigenvalue weighted by molar-refractivity contribution is 7.88. The van der Waals surface area contributed by atoms with Gasteiger partial charge >= 0.3 is 0 Å². The van der Waals surface area contributed by atoms with Crippen molar-refractivity contribution in [3.05, 3.63) is 59.2 Å². The highest BCUT2D eigenvalue weighted by atomic mass is 32.2. The van der Waals surface area contributed by atoms with Crippen LogP contribution in [0.15, 0.2) is 42.5 Å². The quantitative estimate of drug-likeness (QED) is 0.725. The van der Waals surface area contributed by atoms with Crippen LogP contribution >= 0.6 is 0 Å². The minimum Gasteiger partial charge on any atom is -0.493 e. The van der Waals surface area contributed by atoms with Gasteiger partial charge in [0.05, 0.1) is 12.9 Å². The van der Waals surface area contributed by atoms with Crippen LogP contribution in [-0.2, 0) is 27.6 Å². The zero-order valence-corrected chi connectivity index (χ0v) is 18.3. The molecule has 5 atom stereocenters. The predicted octanol–water partition coefficient (Wildman–Crippen LogP) is 3.60. The molecule has 0 radical (unpaired) electrons. The second kappa shape index (κ2) is 6.69. The van der Waals surface area contributed by atoms with Gasteiger partial charge in [0, 0.05) is 23.6 Å². The van der Waals surface area contributed by atoms with Crippen LogP contribution in [0.2, 0.25) is 0 Å². The third-order valence-corrected chi connectivity index (χ3v) is 9.81. The smallest absolute Gasteiger partial charge is 0.218 e. The van der Waals surface area contributed by atoms with Crippen molar-refractivity contribution in [1.29, 1.82) is 0 Å². The third-order valence-electron chi connectivity index (χ3n) is 7.95. The van der Waals surface area contributed by atoms with E-state index < -0.39 is 27.7 Å². The molecule has 0 aromatic heterocycles. The first-order valence-electron chi connectivity index (χ1n) is 11.0. The molecule has 3 unspecified atom stereocenters. The number of rotatable bonds is 4. The second-order valence-electron chi connectivity index (χ2n) is 9.28. The Hall–Kier alpha value is -2.12. The summed E-state index contributed by atoms with van der Waals surface area (Å²) in [4.78, 5) is 0. The van der Waals surface area contributed by atoms with E-state index in [-0.39, 0.29) is 17.7 Å². The van der Waals surface area contributed by atoms with Gasteiger partial charge in [-0.05, 0) is 48.8 Å². The van der Waals surface area contributed by atoms with Crippen molar-refractivity contribution in [2.75, 3.05) is 13.7 Å². The highest BCUT2D eigenvalue weighted by Gasteiger charge is 2.67. The molecule has 1 spiro atoms. The third kappa shape index (κ3) is 2.59. The molecular formula is C24H26FNO4S. The molecule has 1 saturated carbocycles. The van der Waals surface area contributed by atoms with E-state index in [1.165, 1.54) is 0 Å². The van der Waals surface area contributed by atoms with Gasteiger partial charge in [-0.1, -0.05) is 36.4 Å². The lowest BCUT2D eigenvalue weighted by molar-refractivity contribution is -0.0637. The maximum atomic E-state index is 15.2. The molecule has 2 aromatic carbocycles. The number of sulfonamides is 1. The molecule has 2 aliphatic heterocycles. The van der Waals surface area contributed by atoms with Gasteiger partial charge in [0.25, 0.3) is 0 Å². The molecule has 2 heterocycles. The van der Waals surface area contributed by atoms with E-state index >= 15 is 4.39 Å². The standard InChI is InChI=1S/C24H26FNO4S/c1-29-20-10-7-16-13-19-17-8-9-18(25)23-24(17,21(16)22(20)30-23)11-12-26(19)31(27,28)14-15-5-3-2-4-6-15/h2-7,10,17-19,23H,8-9,11-14H2,1H3/t17?,18?,19-,23+,24?/m0/s1. The van der Waals surface area contributed by atoms with Crippen molar-refractivity contribution < 1.29 is 22.3 Å². The summed E-state index contributed by atoms with van der Waals surface area (Å²) in [5.74, 6) is 1.38. The van der Waals surface area contributed by atoms with Gasteiger partial charge in [0.2, 0.25) is 10.0 Å². The zero-order chi connectivity index (χ0) is 21.4. The molecule has 6 rings (SSSR count). The van der Waals surface area contributed by atoms with Crippen LogP contribution in [0, 0.1) is 5.92 Å². The molecule has 31 heavy (non-hydrogen) atoms. The molecule has 0 amide bonds. The van der Waals surface area contributed by atoms with Gasteiger partial charge in [0.15, 0.2) is 11.5 Å². The lowest BCUT2D eigenvalue weighted by Crippen LogP contribution is -2.67. The number of nitrogens with zero attached hydrogens (tertiary/aromatic N) is 1. The summed E-state index contributed by atoms with van der Waals surface area (Å²) in [6.45, 7) is 0.402. The number of hydrogen-bond acceptors (Lipinski definition) is 4. The summed E-state index contributed by atoms with van der Waals surface area (Å²) >= 11 is 0. The van der Waals surface area contributed by atoms with Crippen molar-refractivity contribution in [1.82, 2.24) is 4.31 Å². The Morgan fingerprint density at radius 3 is 2.77 bits per heavy atom. The van der Waals surface area contributed by atoms with E-state index in [9.17, 15) is 8.42 Å². The Bertz CT molecular complexity index is 1140. The van der Waals surface area contributed by atoms with Gasteiger partial charge < -0.3 is 9.47 Å².